The molecule has 4 rings (SSSR count). The monoisotopic (exact) mass is 390 g/mol. The van der Waals surface area contributed by atoms with Gasteiger partial charge < -0.3 is 19.8 Å². The molecule has 0 bridgehead atoms. The predicted octanol–water partition coefficient (Wildman–Crippen LogP) is 3.79. The first kappa shape index (κ1) is 18.7. The Labute approximate surface area is 168 Å². The van der Waals surface area contributed by atoms with E-state index in [4.69, 9.17) is 20.2 Å². The number of benzene rings is 2. The van der Waals surface area contributed by atoms with Crippen LogP contribution in [0.1, 0.15) is 29.3 Å². The number of fused-ring (bicyclic) bond motifs is 2. The van der Waals surface area contributed by atoms with Crippen LogP contribution in [0.4, 0.5) is 5.82 Å². The topological polar surface area (TPSA) is 92.3 Å². The maximum atomic E-state index is 12.7. The van der Waals surface area contributed by atoms with Gasteiger partial charge in [0.2, 0.25) is 0 Å². The van der Waals surface area contributed by atoms with Crippen LogP contribution < -0.4 is 10.5 Å². The van der Waals surface area contributed by atoms with Gasteiger partial charge in [-0.15, -0.1) is 0 Å². The lowest BCUT2D eigenvalue weighted by molar-refractivity contribution is 0.0508. The lowest BCUT2D eigenvalue weighted by Gasteiger charge is -2.09. The number of hydrogen-bond donors (Lipinski definition) is 1. The average Bonchev–Trinajstić information content (AvgIpc) is 3.01. The summed E-state index contributed by atoms with van der Waals surface area (Å²) in [5.41, 5.74) is 10.1. The number of rotatable bonds is 6. The summed E-state index contributed by atoms with van der Waals surface area (Å²) in [4.78, 5) is 22.1. The van der Waals surface area contributed by atoms with E-state index in [9.17, 15) is 4.79 Å². The zero-order chi connectivity index (χ0) is 20.4. The standard InChI is InChI=1S/C22H22N4O3/c1-3-12-29-22(27)18-19-21(25-17-7-5-4-6-16(17)24-19)26(20(18)23)13-14-8-10-15(28-2)11-9-14/h4-11H,3,12-13,23H2,1-2H3. The number of nitrogen functional groups attached to an aromatic ring is 1. The number of aromatic nitrogens is 3. The minimum absolute atomic E-state index is 0.264. The summed E-state index contributed by atoms with van der Waals surface area (Å²) >= 11 is 0. The van der Waals surface area contributed by atoms with Crippen molar-refractivity contribution in [2.45, 2.75) is 19.9 Å². The molecule has 29 heavy (non-hydrogen) atoms. The van der Waals surface area contributed by atoms with Gasteiger partial charge >= 0.3 is 5.97 Å². The highest BCUT2D eigenvalue weighted by Gasteiger charge is 2.25. The van der Waals surface area contributed by atoms with Gasteiger partial charge in [0.1, 0.15) is 22.6 Å². The first-order chi connectivity index (χ1) is 14.1. The Morgan fingerprint density at radius 2 is 1.76 bits per heavy atom. The van der Waals surface area contributed by atoms with Crippen LogP contribution in [0.5, 0.6) is 5.75 Å². The van der Waals surface area contributed by atoms with Crippen LogP contribution in [0.15, 0.2) is 48.5 Å². The highest BCUT2D eigenvalue weighted by Crippen LogP contribution is 2.29. The molecule has 0 fully saturated rings. The summed E-state index contributed by atoms with van der Waals surface area (Å²) in [7, 11) is 1.63. The molecule has 0 aliphatic carbocycles. The largest absolute Gasteiger partial charge is 0.497 e. The van der Waals surface area contributed by atoms with E-state index < -0.39 is 5.97 Å². The van der Waals surface area contributed by atoms with Crippen molar-refractivity contribution in [3.8, 4) is 5.75 Å². The van der Waals surface area contributed by atoms with Crippen molar-refractivity contribution in [3.05, 3.63) is 59.7 Å². The fraction of sp³-hybridized carbons (Fsp3) is 0.227. The number of para-hydroxylation sites is 2. The second-order valence-corrected chi connectivity index (χ2v) is 6.71. The molecular formula is C22H22N4O3. The summed E-state index contributed by atoms with van der Waals surface area (Å²) in [5.74, 6) is 0.591. The first-order valence-electron chi connectivity index (χ1n) is 9.47. The number of nitrogens with two attached hydrogens (primary N) is 1. The van der Waals surface area contributed by atoms with E-state index in [1.165, 1.54) is 0 Å². The highest BCUT2D eigenvalue weighted by molar-refractivity contribution is 6.08. The molecule has 2 heterocycles. The summed E-state index contributed by atoms with van der Waals surface area (Å²) in [6.45, 7) is 2.71. The quantitative estimate of drug-likeness (QED) is 0.504. The molecule has 0 amide bonds. The number of anilines is 1. The normalized spacial score (nSPS) is 11.1. The van der Waals surface area contributed by atoms with Gasteiger partial charge in [0, 0.05) is 0 Å². The molecular weight excluding hydrogens is 368 g/mol. The van der Waals surface area contributed by atoms with Crippen molar-refractivity contribution in [2.75, 3.05) is 19.5 Å². The Kier molecular flexibility index (Phi) is 5.03. The fourth-order valence-corrected chi connectivity index (χ4v) is 3.26. The number of carbonyl (C=O) groups is 1. The molecule has 7 nitrogen and oxygen atoms in total. The molecule has 0 aliphatic heterocycles. The van der Waals surface area contributed by atoms with Gasteiger partial charge in [-0.25, -0.2) is 14.8 Å². The molecule has 148 valence electrons. The number of esters is 1. The average molecular weight is 390 g/mol. The van der Waals surface area contributed by atoms with Gasteiger partial charge in [-0.3, -0.25) is 0 Å². The molecule has 2 aromatic carbocycles. The second kappa shape index (κ2) is 7.79. The minimum atomic E-state index is -0.479. The molecule has 0 atom stereocenters. The van der Waals surface area contributed by atoms with Gasteiger partial charge in [0.15, 0.2) is 5.65 Å². The van der Waals surface area contributed by atoms with Crippen molar-refractivity contribution in [1.29, 1.82) is 0 Å². The maximum Gasteiger partial charge on any atom is 0.344 e. The third kappa shape index (κ3) is 3.47. The number of ether oxygens (including phenoxy) is 2. The molecule has 7 heteroatoms. The zero-order valence-electron chi connectivity index (χ0n) is 16.4. The lowest BCUT2D eigenvalue weighted by atomic mass is 10.2. The molecule has 0 spiro atoms. The zero-order valence-corrected chi connectivity index (χ0v) is 16.4. The third-order valence-electron chi connectivity index (χ3n) is 4.73. The van der Waals surface area contributed by atoms with Gasteiger partial charge in [-0.05, 0) is 36.2 Å². The molecule has 0 unspecified atom stereocenters. The number of carbonyl (C=O) groups excluding carboxylic acids is 1. The fourth-order valence-electron chi connectivity index (χ4n) is 3.26. The van der Waals surface area contributed by atoms with Crippen LogP contribution in [0, 0.1) is 0 Å². The van der Waals surface area contributed by atoms with E-state index in [0.29, 0.717) is 35.7 Å². The smallest absolute Gasteiger partial charge is 0.344 e. The molecule has 0 saturated carbocycles. The van der Waals surface area contributed by atoms with E-state index in [1.54, 1.807) is 11.7 Å². The summed E-state index contributed by atoms with van der Waals surface area (Å²) in [5, 5.41) is 0. The molecule has 0 radical (unpaired) electrons. The molecule has 2 aromatic heterocycles. The first-order valence-corrected chi connectivity index (χ1v) is 9.47. The van der Waals surface area contributed by atoms with E-state index in [0.717, 1.165) is 23.3 Å². The van der Waals surface area contributed by atoms with Gasteiger partial charge in [0.25, 0.3) is 0 Å². The van der Waals surface area contributed by atoms with Crippen LogP contribution >= 0.6 is 0 Å². The Hall–Kier alpha value is -3.61. The number of methoxy groups -OCH3 is 1. The number of nitrogens with zero attached hydrogens (tertiary/aromatic N) is 3. The third-order valence-corrected chi connectivity index (χ3v) is 4.73. The van der Waals surface area contributed by atoms with Crippen molar-refractivity contribution < 1.29 is 14.3 Å². The van der Waals surface area contributed by atoms with E-state index in [-0.39, 0.29) is 5.56 Å². The van der Waals surface area contributed by atoms with Crippen LogP contribution in [-0.4, -0.2) is 34.2 Å². The van der Waals surface area contributed by atoms with Crippen molar-refractivity contribution in [1.82, 2.24) is 14.5 Å². The maximum absolute atomic E-state index is 12.7. The van der Waals surface area contributed by atoms with Crippen molar-refractivity contribution >= 4 is 34.0 Å². The van der Waals surface area contributed by atoms with Crippen molar-refractivity contribution in [2.24, 2.45) is 0 Å². The van der Waals surface area contributed by atoms with Crippen molar-refractivity contribution in [3.63, 3.8) is 0 Å². The van der Waals surface area contributed by atoms with E-state index >= 15 is 0 Å². The Morgan fingerprint density at radius 1 is 1.07 bits per heavy atom. The van der Waals surface area contributed by atoms with Gasteiger partial charge in [-0.1, -0.05) is 31.2 Å². The Morgan fingerprint density at radius 3 is 2.41 bits per heavy atom. The number of hydrogen-bond acceptors (Lipinski definition) is 6. The molecule has 0 aliphatic rings. The predicted molar refractivity (Wildman–Crippen MR) is 112 cm³/mol. The molecule has 4 aromatic rings. The van der Waals surface area contributed by atoms with Crippen LogP contribution in [-0.2, 0) is 11.3 Å². The Bertz CT molecular complexity index is 1180. The van der Waals surface area contributed by atoms with E-state index in [2.05, 4.69) is 4.98 Å². The summed E-state index contributed by atoms with van der Waals surface area (Å²) < 4.78 is 12.4. The Balaban J connectivity index is 1.88. The lowest BCUT2D eigenvalue weighted by Crippen LogP contribution is -2.10. The van der Waals surface area contributed by atoms with Gasteiger partial charge in [0.05, 0.1) is 31.3 Å². The van der Waals surface area contributed by atoms with Gasteiger partial charge in [-0.2, -0.15) is 0 Å². The SMILES string of the molecule is CCCOC(=O)c1c(N)n(Cc2ccc(OC)cc2)c2nc3ccccc3nc12. The van der Waals surface area contributed by atoms with Crippen LogP contribution in [0.3, 0.4) is 0 Å². The van der Waals surface area contributed by atoms with E-state index in [1.807, 2.05) is 55.5 Å². The minimum Gasteiger partial charge on any atom is -0.497 e. The second-order valence-electron chi connectivity index (χ2n) is 6.71. The highest BCUT2D eigenvalue weighted by atomic mass is 16.5. The molecule has 2 N–H and O–H groups in total. The van der Waals surface area contributed by atoms with Crippen LogP contribution in [0.2, 0.25) is 0 Å². The van der Waals surface area contributed by atoms with Crippen LogP contribution in [0.25, 0.3) is 22.2 Å². The molecule has 0 saturated heterocycles. The summed E-state index contributed by atoms with van der Waals surface area (Å²) in [6, 6.07) is 15.2. The summed E-state index contributed by atoms with van der Waals surface area (Å²) in [6.07, 6.45) is 0.727.